The largest absolute Gasteiger partial charge is 0.327 e. The van der Waals surface area contributed by atoms with Crippen molar-refractivity contribution in [3.63, 3.8) is 0 Å². The molecule has 3 amide bonds. The Bertz CT molecular complexity index is 5150. The SMILES string of the molecule is CCC(CC(CC(=O)N1CN(C(=O)CC(CC(C)c2ccc(C[N+](C)(C)C)cc2)CC(CC(C)c2ccc(C[N+](C)(C)C)cc2)c2ccc(C[N+](C)(C)C)cc2)CN(C(=O)CC(CC(CC)c2ccc(C[N+](C)(C)C)cc2)CC(CC(C)c2ccc(C[N+](C)(C)C)cc2)c2ccc(C[N+](C)(C)C)cc2)C1)CC(CC(C)c1ccc(C[N+](C)(C)C)cc1)c1ccc(C[N+](C)(C)C)cc1)c1ccc(C[N+](C)(C)C)cc1. The third-order valence-corrected chi connectivity index (χ3v) is 29.5. The number of rotatable bonds is 53. The fourth-order valence-corrected chi connectivity index (χ4v) is 22.9. The van der Waals surface area contributed by atoms with Gasteiger partial charge in [-0.2, -0.15) is 0 Å². The molecule has 15 heteroatoms. The zero-order valence-electron chi connectivity index (χ0n) is 96.2. The van der Waals surface area contributed by atoms with Crippen LogP contribution in [0.2, 0.25) is 0 Å². The van der Waals surface area contributed by atoms with E-state index in [1.54, 1.807) is 0 Å². The zero-order valence-corrected chi connectivity index (χ0v) is 96.2. The standard InChI is InChI=1S/C128H199N12O3/c1-34-112(118-62-44-104(45-63-118)88-136(19,20)21)76-110(79-124(121-68-50-107(51-69-121)91-139(28,29)30)74-98(5)116-58-40-102(41-59-116)86-134(13,14)15)82-127(142)130-93-129(126(141)81-109(72-96(3)114-54-36-100(37-55-114)84-132(7,8)9)78-123(120-66-48-106(49-67-120)90-138(25,26)27)73-97(4)115-56-38-101(39-57-115)85-133(10,11)12)94-131(95-130)128(143)83-111(77-113(35-2)119-64-46-105(47-65-119)89-137(22,23)24)80-125(122-70-52-108(53-71-122)92-140(31,32)33)75-99(6)117-60-42-103(43-61-117)87-135(16,17)18/h36-71,96-99,109-113,123-125H,34-35,72-95H2,1-33H3/q+9. The van der Waals surface area contributed by atoms with Gasteiger partial charge in [-0.3, -0.25) is 14.4 Å². The second kappa shape index (κ2) is 50.2. The lowest BCUT2D eigenvalue weighted by atomic mass is 9.76. The highest BCUT2D eigenvalue weighted by Gasteiger charge is 2.39. The number of nitrogens with zero attached hydrogens (tertiary/aromatic N) is 12. The summed E-state index contributed by atoms with van der Waals surface area (Å²) >= 11 is 0. The van der Waals surface area contributed by atoms with Crippen molar-refractivity contribution < 1.29 is 54.7 Å². The summed E-state index contributed by atoms with van der Waals surface area (Å²) in [7, 11) is 61.0. The average Bonchev–Trinajstić information content (AvgIpc) is 0.803. The number of carbonyl (C=O) groups excluding carboxylic acids is 3. The molecule has 0 aromatic heterocycles. The van der Waals surface area contributed by atoms with Crippen molar-refractivity contribution in [1.29, 1.82) is 0 Å². The molecule has 1 heterocycles. The van der Waals surface area contributed by atoms with Crippen LogP contribution in [-0.4, -0.2) is 283 Å². The van der Waals surface area contributed by atoms with Gasteiger partial charge in [0.2, 0.25) is 17.7 Å². The maximum absolute atomic E-state index is 17.1. The Morgan fingerprint density at radius 1 is 0.196 bits per heavy atom. The summed E-state index contributed by atoms with van der Waals surface area (Å²) in [5, 5.41) is 0. The molecule has 15 nitrogen and oxygen atoms in total. The molecule has 0 bridgehead atoms. The Labute approximate surface area is 871 Å². The summed E-state index contributed by atoms with van der Waals surface area (Å²) in [5.41, 5.74) is 23.6. The van der Waals surface area contributed by atoms with Gasteiger partial charge < -0.3 is 55.0 Å². The first-order valence-corrected chi connectivity index (χ1v) is 54.4. The molecule has 10 rings (SSSR count). The summed E-state index contributed by atoms with van der Waals surface area (Å²) < 4.78 is 7.53. The molecule has 1 aliphatic rings. The van der Waals surface area contributed by atoms with Gasteiger partial charge >= 0.3 is 0 Å². The predicted octanol–water partition coefficient (Wildman–Crippen LogP) is 24.7. The van der Waals surface area contributed by atoms with Gasteiger partial charge in [-0.15, -0.1) is 0 Å². The Morgan fingerprint density at radius 3 is 0.483 bits per heavy atom. The summed E-state index contributed by atoms with van der Waals surface area (Å²) in [4.78, 5) is 57.2. The fraction of sp³-hybridized carbons (Fsp3) is 0.555. The molecule has 0 spiro atoms. The van der Waals surface area contributed by atoms with Crippen LogP contribution in [0.25, 0.3) is 0 Å². The minimum atomic E-state index is -0.0780. The second-order valence-electron chi connectivity index (χ2n) is 54.2. The van der Waals surface area contributed by atoms with E-state index in [-0.39, 0.29) is 128 Å². The Kier molecular flexibility index (Phi) is 40.7. The lowest BCUT2D eigenvalue weighted by molar-refractivity contribution is -0.884. The van der Waals surface area contributed by atoms with E-state index in [2.05, 4.69) is 450 Å². The fourth-order valence-electron chi connectivity index (χ4n) is 22.9. The van der Waals surface area contributed by atoms with Crippen molar-refractivity contribution in [2.24, 2.45) is 17.8 Å². The van der Waals surface area contributed by atoms with Crippen LogP contribution in [-0.2, 0) is 73.3 Å². The lowest BCUT2D eigenvalue weighted by Gasteiger charge is -2.44. The monoisotopic (exact) mass is 1950 g/mol. The van der Waals surface area contributed by atoms with E-state index in [9.17, 15) is 0 Å². The maximum Gasteiger partial charge on any atom is 0.225 e. The van der Waals surface area contributed by atoms with Crippen LogP contribution in [0.5, 0.6) is 0 Å². The van der Waals surface area contributed by atoms with E-state index in [0.29, 0.717) is 0 Å². The Balaban J connectivity index is 1.12. The van der Waals surface area contributed by atoms with Crippen LogP contribution >= 0.6 is 0 Å². The predicted molar refractivity (Wildman–Crippen MR) is 603 cm³/mol. The van der Waals surface area contributed by atoms with Gasteiger partial charge in [-0.1, -0.05) is 260 Å². The van der Waals surface area contributed by atoms with Crippen LogP contribution in [0.15, 0.2) is 218 Å². The molecular formula is C128H199N12O3+9. The van der Waals surface area contributed by atoms with Crippen LogP contribution < -0.4 is 0 Å². The Morgan fingerprint density at radius 2 is 0.329 bits per heavy atom. The molecule has 12 atom stereocenters. The van der Waals surface area contributed by atoms with Crippen molar-refractivity contribution in [3.8, 4) is 0 Å². The number of amides is 3. The van der Waals surface area contributed by atoms with Gasteiger partial charge in [0.15, 0.2) is 0 Å². The molecule has 0 N–H and O–H groups in total. The molecule has 0 radical (unpaired) electrons. The topological polar surface area (TPSA) is 60.9 Å². The van der Waals surface area contributed by atoms with Crippen LogP contribution in [0.1, 0.15) is 285 Å². The van der Waals surface area contributed by atoms with Crippen LogP contribution in [0.4, 0.5) is 0 Å². The number of carbonyl (C=O) groups is 3. The lowest BCUT2D eigenvalue weighted by Crippen LogP contribution is -2.60. The minimum Gasteiger partial charge on any atom is -0.327 e. The molecule has 9 aromatic rings. The van der Waals surface area contributed by atoms with Gasteiger partial charge in [0.25, 0.3) is 0 Å². The van der Waals surface area contributed by atoms with Crippen molar-refractivity contribution in [2.75, 3.05) is 210 Å². The van der Waals surface area contributed by atoms with Gasteiger partial charge in [0.1, 0.15) is 58.9 Å². The second-order valence-corrected chi connectivity index (χ2v) is 54.2. The third-order valence-electron chi connectivity index (χ3n) is 29.5. The van der Waals surface area contributed by atoms with E-state index >= 15 is 14.4 Å². The van der Waals surface area contributed by atoms with Crippen LogP contribution in [0, 0.1) is 17.8 Å². The van der Waals surface area contributed by atoms with Gasteiger partial charge in [0.05, 0.1) is 210 Å². The average molecular weight is 1950 g/mol. The zero-order chi connectivity index (χ0) is 105. The summed E-state index contributed by atoms with van der Waals surface area (Å²) in [6.45, 7) is 22.9. The van der Waals surface area contributed by atoms with E-state index in [1.165, 1.54) is 100 Å². The van der Waals surface area contributed by atoms with E-state index < -0.39 is 0 Å². The van der Waals surface area contributed by atoms with E-state index in [0.717, 1.165) is 170 Å². The van der Waals surface area contributed by atoms with Crippen molar-refractivity contribution in [1.82, 2.24) is 14.7 Å². The molecule has 0 aliphatic carbocycles. The molecule has 143 heavy (non-hydrogen) atoms. The van der Waals surface area contributed by atoms with Gasteiger partial charge in [0, 0.05) is 69.3 Å². The molecular weight excluding hydrogens is 1750 g/mol. The first kappa shape index (κ1) is 116. The quantitative estimate of drug-likeness (QED) is 0.0357. The molecule has 12 unspecified atom stereocenters. The first-order valence-electron chi connectivity index (χ1n) is 54.4. The molecule has 1 saturated heterocycles. The third kappa shape index (κ3) is 40.3. The van der Waals surface area contributed by atoms with Crippen LogP contribution in [0.3, 0.4) is 0 Å². The summed E-state index contributed by atoms with van der Waals surface area (Å²) in [6.07, 6.45) is 10.1. The van der Waals surface area contributed by atoms with E-state index in [1.807, 2.05) is 14.7 Å². The summed E-state index contributed by atoms with van der Waals surface area (Å²) in [6, 6.07) is 85.0. The van der Waals surface area contributed by atoms with E-state index in [4.69, 9.17) is 0 Å². The number of benzene rings is 9. The normalized spacial score (nSPS) is 16.1. The van der Waals surface area contributed by atoms with Crippen molar-refractivity contribution in [2.45, 2.75) is 244 Å². The molecule has 0 saturated carbocycles. The number of quaternary nitrogens is 9. The van der Waals surface area contributed by atoms with Gasteiger partial charge in [-0.25, -0.2) is 0 Å². The number of hydrogen-bond acceptors (Lipinski definition) is 3. The minimum absolute atomic E-state index is 0.00640. The maximum atomic E-state index is 17.1. The molecule has 9 aromatic carbocycles. The van der Waals surface area contributed by atoms with Crippen molar-refractivity contribution >= 4 is 17.7 Å². The number of hydrogen-bond donors (Lipinski definition) is 0. The van der Waals surface area contributed by atoms with Crippen molar-refractivity contribution in [3.05, 3.63) is 319 Å². The highest BCUT2D eigenvalue weighted by Crippen LogP contribution is 2.45. The Hall–Kier alpha value is -8.97. The summed E-state index contributed by atoms with van der Waals surface area (Å²) in [5.74, 6) is 1.19. The van der Waals surface area contributed by atoms with Gasteiger partial charge in [-0.05, 0) is 192 Å². The highest BCUT2D eigenvalue weighted by atomic mass is 16.2. The smallest absolute Gasteiger partial charge is 0.225 e. The molecule has 1 fully saturated rings. The first-order chi connectivity index (χ1) is 66.6. The molecule has 780 valence electrons. The molecule has 1 aliphatic heterocycles. The highest BCUT2D eigenvalue weighted by molar-refractivity contribution is 5.82.